The van der Waals surface area contributed by atoms with Gasteiger partial charge in [-0.1, -0.05) is 69.5 Å². The average Bonchev–Trinajstić information content (AvgIpc) is 3.28. The number of rotatable bonds is 6. The summed E-state index contributed by atoms with van der Waals surface area (Å²) in [6, 6.07) is 1.74. The number of hydrazone groups is 1. The number of carbonyl (C=O) groups excluding carboxylic acids is 1. The van der Waals surface area contributed by atoms with Crippen LogP contribution >= 0.6 is 24.4 Å². The van der Waals surface area contributed by atoms with Gasteiger partial charge in [0.25, 0.3) is 0 Å². The molecule has 4 rings (SSSR count). The molecule has 3 fully saturated rings. The highest BCUT2D eigenvalue weighted by Gasteiger charge is 2.39. The molecular weight excluding hydrogens is 442 g/mol. The van der Waals surface area contributed by atoms with E-state index in [2.05, 4.69) is 23.0 Å². The quantitative estimate of drug-likeness (QED) is 0.439. The van der Waals surface area contributed by atoms with E-state index in [1.807, 2.05) is 0 Å². The molecule has 3 saturated carbocycles. The van der Waals surface area contributed by atoms with Crippen molar-refractivity contribution in [3.05, 3.63) is 0 Å². The number of nitrogens with one attached hydrogen (secondary N) is 1. The van der Waals surface area contributed by atoms with Crippen LogP contribution in [0, 0.1) is 5.92 Å². The number of thioether (sulfide) groups is 1. The summed E-state index contributed by atoms with van der Waals surface area (Å²) in [5.41, 5.74) is 0. The summed E-state index contributed by atoms with van der Waals surface area (Å²) >= 11 is 5.23. The van der Waals surface area contributed by atoms with Crippen LogP contribution in [0.25, 0.3) is 0 Å². The topological polar surface area (TPSA) is 82.0 Å². The van der Waals surface area contributed by atoms with Gasteiger partial charge in [0, 0.05) is 24.4 Å². The van der Waals surface area contributed by atoms with E-state index in [1.165, 1.54) is 82.4 Å². The van der Waals surface area contributed by atoms with Gasteiger partial charge in [-0.3, -0.25) is 4.79 Å². The van der Waals surface area contributed by atoms with E-state index >= 15 is 0 Å². The molecule has 182 valence electrons. The molecule has 1 aliphatic heterocycles. The van der Waals surface area contributed by atoms with Crippen LogP contribution in [0.1, 0.15) is 103 Å². The lowest BCUT2D eigenvalue weighted by molar-refractivity contribution is -0.145. The molecule has 0 aromatic carbocycles. The normalized spacial score (nSPS) is 25.7. The Bertz CT molecular complexity index is 612. The van der Waals surface area contributed by atoms with Crippen molar-refractivity contribution in [2.24, 2.45) is 11.0 Å². The van der Waals surface area contributed by atoms with Crippen molar-refractivity contribution in [1.29, 1.82) is 0 Å². The van der Waals surface area contributed by atoms with Gasteiger partial charge in [-0.25, -0.2) is 9.80 Å². The zero-order chi connectivity index (χ0) is 22.8. The summed E-state index contributed by atoms with van der Waals surface area (Å²) in [6.07, 6.45) is 20.4. The molecule has 1 atom stereocenters. The summed E-state index contributed by atoms with van der Waals surface area (Å²) in [4.78, 5) is 23.1. The molecule has 3 aliphatic carbocycles. The van der Waals surface area contributed by atoms with E-state index in [0.717, 1.165) is 47.8 Å². The van der Waals surface area contributed by atoms with Gasteiger partial charge in [0.2, 0.25) is 11.3 Å². The fourth-order valence-corrected chi connectivity index (χ4v) is 6.65. The Morgan fingerprint density at radius 2 is 1.41 bits per heavy atom. The Morgan fingerprint density at radius 3 is 1.88 bits per heavy atom. The zero-order valence-corrected chi connectivity index (χ0v) is 21.1. The van der Waals surface area contributed by atoms with Crippen molar-refractivity contribution < 1.29 is 14.7 Å². The van der Waals surface area contributed by atoms with Crippen molar-refractivity contribution in [1.82, 2.24) is 10.3 Å². The van der Waals surface area contributed by atoms with Crippen molar-refractivity contribution >= 4 is 41.3 Å². The number of hydrogen-bond acceptors (Lipinski definition) is 6. The Hall–Kier alpha value is -0.730. The number of carboxylic acids is 1. The summed E-state index contributed by atoms with van der Waals surface area (Å²) in [7, 11) is 0. The molecule has 0 aromatic rings. The first-order valence-corrected chi connectivity index (χ1v) is 14.3. The highest BCUT2D eigenvalue weighted by atomic mass is 32.2. The van der Waals surface area contributed by atoms with Crippen molar-refractivity contribution in [3.8, 4) is 0 Å². The van der Waals surface area contributed by atoms with Gasteiger partial charge in [-0.2, -0.15) is 17.7 Å². The standard InChI is InChI=1S/C12H18N2O3S2.C12H23N/c15-9(6-7-18)14-11(12(16)17)19-10(13-14)8-4-2-1-3-5-8;1-3-7-11(8-4-1)13-12-9-5-2-6-10-12/h8,11,18H,1-7H2,(H,16,17);11-13H,1-10H2. The van der Waals surface area contributed by atoms with Gasteiger partial charge in [-0.05, 0) is 44.3 Å². The fraction of sp³-hybridized carbons (Fsp3) is 0.875. The van der Waals surface area contributed by atoms with E-state index in [4.69, 9.17) is 0 Å². The SMILES string of the molecule is C1CCC(NC2CCCCC2)CC1.O=C(O)C1SC(C2CCCCC2)=NN1C(=O)CCS. The highest BCUT2D eigenvalue weighted by molar-refractivity contribution is 8.15. The third-order valence-corrected chi connectivity index (χ3v) is 8.59. The maximum Gasteiger partial charge on any atom is 0.339 e. The maximum atomic E-state index is 11.9. The summed E-state index contributed by atoms with van der Waals surface area (Å²) in [6.45, 7) is 0. The van der Waals surface area contributed by atoms with Crippen LogP contribution < -0.4 is 5.32 Å². The summed E-state index contributed by atoms with van der Waals surface area (Å²) < 4.78 is 0. The molecule has 0 aromatic heterocycles. The Labute approximate surface area is 203 Å². The number of nitrogens with zero attached hydrogens (tertiary/aromatic N) is 2. The monoisotopic (exact) mass is 483 g/mol. The molecule has 0 spiro atoms. The minimum Gasteiger partial charge on any atom is -0.479 e. The minimum atomic E-state index is -1.01. The lowest BCUT2D eigenvalue weighted by atomic mass is 9.90. The van der Waals surface area contributed by atoms with Crippen molar-refractivity contribution in [2.45, 2.75) is 120 Å². The predicted molar refractivity (Wildman–Crippen MR) is 135 cm³/mol. The van der Waals surface area contributed by atoms with Crippen molar-refractivity contribution in [2.75, 3.05) is 5.75 Å². The van der Waals surface area contributed by atoms with Crippen LogP contribution in [0.2, 0.25) is 0 Å². The van der Waals surface area contributed by atoms with E-state index in [0.29, 0.717) is 11.7 Å². The second-order valence-electron chi connectivity index (χ2n) is 9.63. The van der Waals surface area contributed by atoms with E-state index < -0.39 is 11.3 Å². The first-order valence-electron chi connectivity index (χ1n) is 12.8. The van der Waals surface area contributed by atoms with E-state index in [1.54, 1.807) is 0 Å². The largest absolute Gasteiger partial charge is 0.479 e. The second kappa shape index (κ2) is 13.9. The number of aliphatic carboxylic acids is 1. The molecule has 8 heteroatoms. The average molecular weight is 484 g/mol. The van der Waals surface area contributed by atoms with E-state index in [-0.39, 0.29) is 12.3 Å². The molecule has 6 nitrogen and oxygen atoms in total. The third kappa shape index (κ3) is 7.94. The second-order valence-corrected chi connectivity index (χ2v) is 11.2. The summed E-state index contributed by atoms with van der Waals surface area (Å²) in [5, 5.41) is 18.4. The zero-order valence-electron chi connectivity index (χ0n) is 19.3. The molecule has 2 N–H and O–H groups in total. The first kappa shape index (κ1) is 25.9. The van der Waals surface area contributed by atoms with Gasteiger partial charge in [-0.15, -0.1) is 0 Å². The Morgan fingerprint density at radius 1 is 0.906 bits per heavy atom. The minimum absolute atomic E-state index is 0.217. The van der Waals surface area contributed by atoms with Gasteiger partial charge in [0.1, 0.15) is 0 Å². The lowest BCUT2D eigenvalue weighted by Crippen LogP contribution is -2.40. The molecular formula is C24H41N3O3S2. The van der Waals surface area contributed by atoms with Crippen molar-refractivity contribution in [3.63, 3.8) is 0 Å². The Balaban J connectivity index is 0.000000193. The van der Waals surface area contributed by atoms with Crippen LogP contribution in [0.3, 0.4) is 0 Å². The van der Waals surface area contributed by atoms with Gasteiger partial charge in [0.15, 0.2) is 0 Å². The lowest BCUT2D eigenvalue weighted by Gasteiger charge is -2.30. The molecule has 0 radical (unpaired) electrons. The van der Waals surface area contributed by atoms with Gasteiger partial charge < -0.3 is 10.4 Å². The predicted octanol–water partition coefficient (Wildman–Crippen LogP) is 5.43. The molecule has 1 heterocycles. The van der Waals surface area contributed by atoms with Crippen LogP contribution in [0.4, 0.5) is 0 Å². The molecule has 0 saturated heterocycles. The van der Waals surface area contributed by atoms with E-state index in [9.17, 15) is 14.7 Å². The molecule has 1 unspecified atom stereocenters. The Kier molecular flexibility index (Phi) is 11.2. The maximum absolute atomic E-state index is 11.9. The molecule has 0 bridgehead atoms. The number of carbonyl (C=O) groups is 2. The van der Waals surface area contributed by atoms with Crippen LogP contribution in [0.5, 0.6) is 0 Å². The van der Waals surface area contributed by atoms with Gasteiger partial charge >= 0.3 is 5.97 Å². The fourth-order valence-electron chi connectivity index (χ4n) is 5.30. The number of thiol groups is 1. The summed E-state index contributed by atoms with van der Waals surface area (Å²) in [5.74, 6) is -0.539. The number of hydrogen-bond donors (Lipinski definition) is 3. The number of carboxylic acid groups (broad SMARTS) is 1. The molecule has 1 amide bonds. The number of amides is 1. The van der Waals surface area contributed by atoms with Crippen LogP contribution in [0.15, 0.2) is 5.10 Å². The van der Waals surface area contributed by atoms with Gasteiger partial charge in [0.05, 0.1) is 5.04 Å². The van der Waals surface area contributed by atoms with Crippen LogP contribution in [-0.2, 0) is 9.59 Å². The van der Waals surface area contributed by atoms with Crippen LogP contribution in [-0.4, -0.2) is 50.2 Å². The smallest absolute Gasteiger partial charge is 0.339 e. The third-order valence-electron chi connectivity index (χ3n) is 7.09. The molecule has 32 heavy (non-hydrogen) atoms. The molecule has 4 aliphatic rings. The first-order chi connectivity index (χ1) is 15.6. The highest BCUT2D eigenvalue weighted by Crippen LogP contribution is 2.36.